The summed E-state index contributed by atoms with van der Waals surface area (Å²) in [6, 6.07) is 7.78. The molecular formula is C9H9NO. The number of ether oxygens (including phenoxy) is 1. The lowest BCUT2D eigenvalue weighted by molar-refractivity contribution is 0.288. The van der Waals surface area contributed by atoms with Crippen molar-refractivity contribution in [2.75, 3.05) is 0 Å². The molecule has 0 aromatic heterocycles. The smallest absolute Gasteiger partial charge is 0.145 e. The normalized spacial score (nSPS) is 20.6. The summed E-state index contributed by atoms with van der Waals surface area (Å²) in [5.41, 5.74) is 0.922. The highest BCUT2D eigenvalue weighted by Crippen LogP contribution is 2.29. The summed E-state index contributed by atoms with van der Waals surface area (Å²) in [5.74, 6) is 0.877. The minimum Gasteiger partial charge on any atom is -0.483 e. The number of fused-ring (bicyclic) bond motifs is 1. The van der Waals surface area contributed by atoms with Crippen LogP contribution in [0, 0.1) is 0 Å². The summed E-state index contributed by atoms with van der Waals surface area (Å²) in [6.45, 7) is 1.97. The molecule has 0 saturated carbocycles. The van der Waals surface area contributed by atoms with Crippen LogP contribution in [0.15, 0.2) is 29.3 Å². The summed E-state index contributed by atoms with van der Waals surface area (Å²) >= 11 is 0. The molecule has 0 saturated heterocycles. The highest BCUT2D eigenvalue weighted by Gasteiger charge is 2.09. The fraction of sp³-hybridized carbons (Fsp3) is 0.222. The summed E-state index contributed by atoms with van der Waals surface area (Å²) in [6.07, 6.45) is 1.91. The second-order valence-electron chi connectivity index (χ2n) is 2.57. The third-order valence-corrected chi connectivity index (χ3v) is 1.60. The van der Waals surface area contributed by atoms with Crippen LogP contribution >= 0.6 is 0 Å². The van der Waals surface area contributed by atoms with Crippen LogP contribution in [-0.2, 0) is 0 Å². The molecule has 0 radical (unpaired) electrons. The molecule has 11 heavy (non-hydrogen) atoms. The molecule has 0 fully saturated rings. The zero-order valence-electron chi connectivity index (χ0n) is 6.32. The minimum absolute atomic E-state index is 0.102. The Morgan fingerprint density at radius 3 is 3.09 bits per heavy atom. The van der Waals surface area contributed by atoms with Crippen molar-refractivity contribution in [2.24, 2.45) is 4.99 Å². The Morgan fingerprint density at radius 1 is 1.36 bits per heavy atom. The van der Waals surface area contributed by atoms with Crippen LogP contribution in [-0.4, -0.2) is 12.3 Å². The van der Waals surface area contributed by atoms with E-state index in [0.29, 0.717) is 0 Å². The molecule has 2 rings (SSSR count). The Hall–Kier alpha value is -1.31. The number of aliphatic imine (C=N–C) groups is 1. The van der Waals surface area contributed by atoms with Gasteiger partial charge in [-0.25, -0.2) is 0 Å². The fourth-order valence-electron chi connectivity index (χ4n) is 1.08. The first-order chi connectivity index (χ1) is 5.36. The Balaban J connectivity index is 2.46. The predicted molar refractivity (Wildman–Crippen MR) is 44.7 cm³/mol. The van der Waals surface area contributed by atoms with Gasteiger partial charge in [0.25, 0.3) is 0 Å². The molecule has 0 N–H and O–H groups in total. The molecule has 0 bridgehead atoms. The molecule has 1 aromatic carbocycles. The van der Waals surface area contributed by atoms with E-state index in [1.807, 2.05) is 37.4 Å². The molecule has 1 unspecified atom stereocenters. The van der Waals surface area contributed by atoms with E-state index >= 15 is 0 Å². The third kappa shape index (κ3) is 1.11. The molecule has 1 heterocycles. The number of nitrogens with zero attached hydrogens (tertiary/aromatic N) is 1. The number of hydrogen-bond acceptors (Lipinski definition) is 2. The van der Waals surface area contributed by atoms with Gasteiger partial charge in [0.15, 0.2) is 0 Å². The van der Waals surface area contributed by atoms with Crippen LogP contribution in [0.2, 0.25) is 0 Å². The van der Waals surface area contributed by atoms with E-state index in [4.69, 9.17) is 4.74 Å². The Labute approximate surface area is 65.5 Å². The molecule has 1 atom stereocenters. The van der Waals surface area contributed by atoms with E-state index in [2.05, 4.69) is 4.99 Å². The van der Waals surface area contributed by atoms with Gasteiger partial charge in [-0.1, -0.05) is 12.1 Å². The van der Waals surface area contributed by atoms with Gasteiger partial charge in [-0.15, -0.1) is 0 Å². The van der Waals surface area contributed by atoms with E-state index in [1.54, 1.807) is 0 Å². The summed E-state index contributed by atoms with van der Waals surface area (Å²) in [4.78, 5) is 4.22. The second-order valence-corrected chi connectivity index (χ2v) is 2.57. The van der Waals surface area contributed by atoms with E-state index in [0.717, 1.165) is 11.4 Å². The molecule has 2 nitrogen and oxygen atoms in total. The average molecular weight is 147 g/mol. The van der Waals surface area contributed by atoms with E-state index in [-0.39, 0.29) is 6.10 Å². The lowest BCUT2D eigenvalue weighted by Crippen LogP contribution is -2.15. The van der Waals surface area contributed by atoms with Gasteiger partial charge in [0.05, 0.1) is 0 Å². The first-order valence-electron chi connectivity index (χ1n) is 3.66. The van der Waals surface area contributed by atoms with Crippen LogP contribution in [0.3, 0.4) is 0 Å². The highest BCUT2D eigenvalue weighted by molar-refractivity contribution is 5.73. The maximum Gasteiger partial charge on any atom is 0.145 e. The largest absolute Gasteiger partial charge is 0.483 e. The van der Waals surface area contributed by atoms with Gasteiger partial charge >= 0.3 is 0 Å². The third-order valence-electron chi connectivity index (χ3n) is 1.60. The number of benzene rings is 1. The Bertz CT molecular complexity index is 293. The zero-order valence-corrected chi connectivity index (χ0v) is 6.32. The van der Waals surface area contributed by atoms with E-state index in [9.17, 15) is 0 Å². The lowest BCUT2D eigenvalue weighted by atomic mass is 10.2. The summed E-state index contributed by atoms with van der Waals surface area (Å²) < 4.78 is 5.48. The molecule has 0 spiro atoms. The molecule has 2 heteroatoms. The first kappa shape index (κ1) is 6.40. The van der Waals surface area contributed by atoms with Gasteiger partial charge in [0.1, 0.15) is 17.5 Å². The maximum absolute atomic E-state index is 5.48. The van der Waals surface area contributed by atoms with Crippen molar-refractivity contribution in [3.05, 3.63) is 24.3 Å². The quantitative estimate of drug-likeness (QED) is 0.551. The van der Waals surface area contributed by atoms with Gasteiger partial charge in [-0.3, -0.25) is 4.99 Å². The first-order valence-corrected chi connectivity index (χ1v) is 3.66. The standard InChI is InChI=1S/C9H9NO/c1-7-6-10-8-4-2-3-5-9(8)11-7/h2-7H,1H3. The molecule has 1 aromatic rings. The number of para-hydroxylation sites is 2. The molecule has 0 amide bonds. The predicted octanol–water partition coefficient (Wildman–Crippen LogP) is 2.17. The lowest BCUT2D eigenvalue weighted by Gasteiger charge is -2.16. The SMILES string of the molecule is CC1C=Nc2ccccc2O1. The van der Waals surface area contributed by atoms with Crippen LogP contribution < -0.4 is 4.74 Å². The van der Waals surface area contributed by atoms with Gasteiger partial charge in [0.2, 0.25) is 0 Å². The monoisotopic (exact) mass is 147 g/mol. The number of hydrogen-bond donors (Lipinski definition) is 0. The van der Waals surface area contributed by atoms with Gasteiger partial charge < -0.3 is 4.74 Å². The van der Waals surface area contributed by atoms with Gasteiger partial charge in [-0.2, -0.15) is 0 Å². The van der Waals surface area contributed by atoms with Gasteiger partial charge in [0, 0.05) is 6.21 Å². The van der Waals surface area contributed by atoms with Crippen molar-refractivity contribution in [1.82, 2.24) is 0 Å². The van der Waals surface area contributed by atoms with Crippen LogP contribution in [0.25, 0.3) is 0 Å². The Morgan fingerprint density at radius 2 is 2.18 bits per heavy atom. The summed E-state index contributed by atoms with van der Waals surface area (Å²) in [7, 11) is 0. The van der Waals surface area contributed by atoms with Crippen LogP contribution in [0.5, 0.6) is 5.75 Å². The topological polar surface area (TPSA) is 21.6 Å². The van der Waals surface area contributed by atoms with Crippen molar-refractivity contribution in [3.8, 4) is 5.75 Å². The van der Waals surface area contributed by atoms with Crippen molar-refractivity contribution < 1.29 is 4.74 Å². The molecule has 1 aliphatic heterocycles. The van der Waals surface area contributed by atoms with Gasteiger partial charge in [-0.05, 0) is 19.1 Å². The van der Waals surface area contributed by atoms with Crippen molar-refractivity contribution >= 4 is 11.9 Å². The fourth-order valence-corrected chi connectivity index (χ4v) is 1.08. The minimum atomic E-state index is 0.102. The maximum atomic E-state index is 5.48. The van der Waals surface area contributed by atoms with Crippen molar-refractivity contribution in [3.63, 3.8) is 0 Å². The second kappa shape index (κ2) is 2.38. The van der Waals surface area contributed by atoms with Crippen molar-refractivity contribution in [2.45, 2.75) is 13.0 Å². The molecular weight excluding hydrogens is 138 g/mol. The summed E-state index contributed by atoms with van der Waals surface area (Å²) in [5, 5.41) is 0. The average Bonchev–Trinajstić information content (AvgIpc) is 2.04. The molecule has 1 aliphatic rings. The van der Waals surface area contributed by atoms with E-state index in [1.165, 1.54) is 0 Å². The zero-order chi connectivity index (χ0) is 7.68. The van der Waals surface area contributed by atoms with Crippen LogP contribution in [0.4, 0.5) is 5.69 Å². The highest BCUT2D eigenvalue weighted by atomic mass is 16.5. The van der Waals surface area contributed by atoms with E-state index < -0.39 is 0 Å². The molecule has 56 valence electrons. The number of rotatable bonds is 0. The van der Waals surface area contributed by atoms with Crippen molar-refractivity contribution in [1.29, 1.82) is 0 Å². The molecule has 0 aliphatic carbocycles. The Kier molecular flexibility index (Phi) is 1.39. The van der Waals surface area contributed by atoms with Crippen LogP contribution in [0.1, 0.15) is 6.92 Å².